The third kappa shape index (κ3) is 3.46. The predicted molar refractivity (Wildman–Crippen MR) is 157 cm³/mol. The van der Waals surface area contributed by atoms with Crippen molar-refractivity contribution in [3.63, 3.8) is 0 Å². The van der Waals surface area contributed by atoms with Gasteiger partial charge < -0.3 is 5.32 Å². The molecule has 0 atom stereocenters. The molecule has 1 aromatic heterocycles. The lowest BCUT2D eigenvalue weighted by molar-refractivity contribution is 1.56. The molecule has 170 valence electrons. The molecule has 0 saturated heterocycles. The molecule has 0 saturated carbocycles. The molecule has 7 aromatic rings. The van der Waals surface area contributed by atoms with Gasteiger partial charge in [0.2, 0.25) is 0 Å². The highest BCUT2D eigenvalue weighted by atomic mass is 32.1. The van der Waals surface area contributed by atoms with Crippen LogP contribution in [0.1, 0.15) is 0 Å². The molecule has 0 aliphatic rings. The van der Waals surface area contributed by atoms with Gasteiger partial charge in [0.1, 0.15) is 0 Å². The van der Waals surface area contributed by atoms with Crippen LogP contribution in [0.4, 0.5) is 11.4 Å². The fraction of sp³-hybridized carbons (Fsp3) is 0. The second-order valence-corrected chi connectivity index (χ2v) is 10.1. The van der Waals surface area contributed by atoms with Crippen molar-refractivity contribution in [2.45, 2.75) is 0 Å². The van der Waals surface area contributed by atoms with Crippen molar-refractivity contribution >= 4 is 53.7 Å². The normalized spacial score (nSPS) is 11.3. The van der Waals surface area contributed by atoms with Gasteiger partial charge in [-0.15, -0.1) is 11.3 Å². The van der Waals surface area contributed by atoms with E-state index in [9.17, 15) is 0 Å². The van der Waals surface area contributed by atoms with Gasteiger partial charge in [-0.1, -0.05) is 121 Å². The maximum atomic E-state index is 3.84. The topological polar surface area (TPSA) is 12.0 Å². The zero-order valence-corrected chi connectivity index (χ0v) is 20.4. The van der Waals surface area contributed by atoms with Crippen LogP contribution in [0.5, 0.6) is 0 Å². The number of rotatable bonds is 4. The number of benzene rings is 6. The van der Waals surface area contributed by atoms with E-state index in [0.29, 0.717) is 0 Å². The summed E-state index contributed by atoms with van der Waals surface area (Å²) in [5, 5.41) is 9.02. The van der Waals surface area contributed by atoms with E-state index >= 15 is 0 Å². The second kappa shape index (κ2) is 8.67. The van der Waals surface area contributed by atoms with Crippen LogP contribution in [0.3, 0.4) is 0 Å². The first-order chi connectivity index (χ1) is 17.9. The van der Waals surface area contributed by atoms with E-state index in [1.807, 2.05) is 11.3 Å². The molecule has 0 radical (unpaired) electrons. The first kappa shape index (κ1) is 20.9. The molecule has 0 aliphatic carbocycles. The third-order valence-electron chi connectivity index (χ3n) is 6.86. The number of thiophene rings is 1. The number of para-hydroxylation sites is 1. The van der Waals surface area contributed by atoms with Gasteiger partial charge in [0.05, 0.1) is 10.4 Å². The fourth-order valence-corrected chi connectivity index (χ4v) is 6.51. The molecule has 6 aromatic carbocycles. The van der Waals surface area contributed by atoms with Crippen LogP contribution in [0.2, 0.25) is 0 Å². The molecular formula is C34H23NS. The molecule has 2 heteroatoms. The van der Waals surface area contributed by atoms with Gasteiger partial charge in [-0.2, -0.15) is 0 Å². The molecule has 0 unspecified atom stereocenters. The zero-order valence-electron chi connectivity index (χ0n) is 19.6. The standard InChI is InChI=1S/C34H23NS/c1-3-12-23(13-4-1)26-17-9-10-21-30(26)35-31-22-25-16-7-8-18-27(25)32-29-20-11-19-28(33(29)36-34(31)32)24-14-5-2-6-15-24/h1-22,35H. The third-order valence-corrected chi connectivity index (χ3v) is 8.13. The Morgan fingerprint density at radius 2 is 1.06 bits per heavy atom. The molecule has 0 bridgehead atoms. The maximum absolute atomic E-state index is 3.84. The quantitative estimate of drug-likeness (QED) is 0.266. The van der Waals surface area contributed by atoms with Crippen molar-refractivity contribution in [3.05, 3.63) is 133 Å². The number of fused-ring (bicyclic) bond motifs is 5. The van der Waals surface area contributed by atoms with Gasteiger partial charge in [0, 0.05) is 26.7 Å². The average Bonchev–Trinajstić information content (AvgIpc) is 3.35. The minimum absolute atomic E-state index is 1.11. The maximum Gasteiger partial charge on any atom is 0.0597 e. The van der Waals surface area contributed by atoms with Crippen molar-refractivity contribution in [1.82, 2.24) is 0 Å². The second-order valence-electron chi connectivity index (χ2n) is 9.04. The van der Waals surface area contributed by atoms with Gasteiger partial charge in [0.15, 0.2) is 0 Å². The first-order valence-electron chi connectivity index (χ1n) is 12.2. The summed E-state index contributed by atoms with van der Waals surface area (Å²) in [5.41, 5.74) is 7.20. The Bertz CT molecular complexity index is 1850. The smallest absolute Gasteiger partial charge is 0.0597 e. The Kier molecular flexibility index (Phi) is 5.04. The van der Waals surface area contributed by atoms with E-state index in [2.05, 4.69) is 139 Å². The van der Waals surface area contributed by atoms with Crippen LogP contribution >= 0.6 is 11.3 Å². The van der Waals surface area contributed by atoms with Crippen molar-refractivity contribution in [1.29, 1.82) is 0 Å². The van der Waals surface area contributed by atoms with Crippen LogP contribution in [0.25, 0.3) is 53.2 Å². The Morgan fingerprint density at radius 3 is 1.86 bits per heavy atom. The SMILES string of the molecule is c1ccc(-c2ccccc2Nc2cc3ccccc3c3c2sc2c(-c4ccccc4)cccc23)cc1. The highest BCUT2D eigenvalue weighted by Crippen LogP contribution is 2.47. The molecule has 36 heavy (non-hydrogen) atoms. The number of hydrogen-bond donors (Lipinski definition) is 1. The van der Waals surface area contributed by atoms with Crippen molar-refractivity contribution in [2.24, 2.45) is 0 Å². The summed E-state index contributed by atoms with van der Waals surface area (Å²) in [6, 6.07) is 47.6. The number of anilines is 2. The van der Waals surface area contributed by atoms with Gasteiger partial charge in [0.25, 0.3) is 0 Å². The monoisotopic (exact) mass is 477 g/mol. The Hall–Kier alpha value is -4.40. The van der Waals surface area contributed by atoms with Gasteiger partial charge in [-0.3, -0.25) is 0 Å². The molecular weight excluding hydrogens is 454 g/mol. The summed E-state index contributed by atoms with van der Waals surface area (Å²) < 4.78 is 2.62. The molecule has 1 nitrogen and oxygen atoms in total. The van der Waals surface area contributed by atoms with E-state index < -0.39 is 0 Å². The number of nitrogens with one attached hydrogen (secondary N) is 1. The lowest BCUT2D eigenvalue weighted by Gasteiger charge is -2.14. The van der Waals surface area contributed by atoms with Gasteiger partial charge in [-0.05, 0) is 39.6 Å². The molecule has 0 spiro atoms. The van der Waals surface area contributed by atoms with E-state index in [0.717, 1.165) is 11.4 Å². The summed E-state index contributed by atoms with van der Waals surface area (Å²) in [6.45, 7) is 0. The minimum Gasteiger partial charge on any atom is -0.354 e. The van der Waals surface area contributed by atoms with E-state index in [4.69, 9.17) is 0 Å². The molecule has 0 amide bonds. The highest BCUT2D eigenvalue weighted by molar-refractivity contribution is 7.27. The van der Waals surface area contributed by atoms with Crippen molar-refractivity contribution < 1.29 is 0 Å². The molecule has 0 aliphatic heterocycles. The van der Waals surface area contributed by atoms with Crippen LogP contribution in [-0.4, -0.2) is 0 Å². The lowest BCUT2D eigenvalue weighted by atomic mass is 9.99. The van der Waals surface area contributed by atoms with E-state index in [1.165, 1.54) is 53.2 Å². The van der Waals surface area contributed by atoms with E-state index in [1.54, 1.807) is 0 Å². The van der Waals surface area contributed by atoms with Crippen LogP contribution in [-0.2, 0) is 0 Å². The summed E-state index contributed by atoms with van der Waals surface area (Å²) in [5.74, 6) is 0. The summed E-state index contributed by atoms with van der Waals surface area (Å²) in [6.07, 6.45) is 0. The lowest BCUT2D eigenvalue weighted by Crippen LogP contribution is -1.94. The molecule has 1 N–H and O–H groups in total. The average molecular weight is 478 g/mol. The number of hydrogen-bond acceptors (Lipinski definition) is 2. The molecule has 7 rings (SSSR count). The van der Waals surface area contributed by atoms with Crippen molar-refractivity contribution in [2.75, 3.05) is 5.32 Å². The molecule has 0 fully saturated rings. The van der Waals surface area contributed by atoms with Crippen LogP contribution in [0, 0.1) is 0 Å². The Morgan fingerprint density at radius 1 is 0.444 bits per heavy atom. The first-order valence-corrected chi connectivity index (χ1v) is 13.0. The van der Waals surface area contributed by atoms with Crippen molar-refractivity contribution in [3.8, 4) is 22.3 Å². The predicted octanol–water partition coefficient (Wildman–Crippen LogP) is 10.3. The summed E-state index contributed by atoms with van der Waals surface area (Å²) >= 11 is 1.88. The van der Waals surface area contributed by atoms with Gasteiger partial charge >= 0.3 is 0 Å². The minimum atomic E-state index is 1.11. The fourth-order valence-electron chi connectivity index (χ4n) is 5.19. The highest BCUT2D eigenvalue weighted by Gasteiger charge is 2.17. The Balaban J connectivity index is 1.50. The summed E-state index contributed by atoms with van der Waals surface area (Å²) in [4.78, 5) is 0. The zero-order chi connectivity index (χ0) is 23.9. The van der Waals surface area contributed by atoms with E-state index in [-0.39, 0.29) is 0 Å². The van der Waals surface area contributed by atoms with Crippen LogP contribution in [0.15, 0.2) is 133 Å². The Labute approximate surface area is 214 Å². The largest absolute Gasteiger partial charge is 0.354 e. The van der Waals surface area contributed by atoms with Gasteiger partial charge in [-0.25, -0.2) is 0 Å². The van der Waals surface area contributed by atoms with Crippen LogP contribution < -0.4 is 5.32 Å². The summed E-state index contributed by atoms with van der Waals surface area (Å²) in [7, 11) is 0. The molecule has 1 heterocycles.